The van der Waals surface area contributed by atoms with E-state index in [0.717, 1.165) is 31.9 Å². The molecule has 1 atom stereocenters. The number of nitrogens with zero attached hydrogens (tertiary/aromatic N) is 3. The van der Waals surface area contributed by atoms with E-state index in [-0.39, 0.29) is 17.4 Å². The molecule has 0 radical (unpaired) electrons. The molecular formula is C19H25N4O3+. The van der Waals surface area contributed by atoms with Gasteiger partial charge in [0.15, 0.2) is 5.52 Å². The first-order chi connectivity index (χ1) is 12.3. The number of aromatic carboxylic acids is 1. The van der Waals surface area contributed by atoms with Crippen molar-refractivity contribution in [3.05, 3.63) is 23.4 Å². The van der Waals surface area contributed by atoms with E-state index in [9.17, 15) is 14.7 Å². The van der Waals surface area contributed by atoms with E-state index in [1.807, 2.05) is 31.4 Å². The van der Waals surface area contributed by atoms with Crippen LogP contribution in [-0.2, 0) is 0 Å². The Bertz CT molecular complexity index is 940. The molecule has 0 bridgehead atoms. The zero-order valence-corrected chi connectivity index (χ0v) is 15.7. The van der Waals surface area contributed by atoms with Gasteiger partial charge in [-0.3, -0.25) is 9.69 Å². The predicted molar refractivity (Wildman–Crippen MR) is 98.2 cm³/mol. The highest BCUT2D eigenvalue weighted by molar-refractivity contribution is 6.07. The molecule has 1 unspecified atom stereocenters. The number of carbonyl (C=O) groups is 2. The Morgan fingerprint density at radius 3 is 2.58 bits per heavy atom. The molecule has 2 aliphatic heterocycles. The average Bonchev–Trinajstić information content (AvgIpc) is 3.25. The van der Waals surface area contributed by atoms with E-state index < -0.39 is 11.5 Å². The number of rotatable bonds is 3. The van der Waals surface area contributed by atoms with Crippen LogP contribution in [0.5, 0.6) is 0 Å². The third-order valence-corrected chi connectivity index (χ3v) is 5.99. The number of aryl methyl sites for hydroxylation is 1. The summed E-state index contributed by atoms with van der Waals surface area (Å²) in [5.41, 5.74) is 0.747. The highest BCUT2D eigenvalue weighted by atomic mass is 16.4. The van der Waals surface area contributed by atoms with Crippen LogP contribution in [0.3, 0.4) is 0 Å². The second-order valence-corrected chi connectivity index (χ2v) is 7.86. The van der Waals surface area contributed by atoms with Crippen LogP contribution in [0.15, 0.2) is 12.3 Å². The number of imidazole rings is 1. The van der Waals surface area contributed by atoms with Gasteiger partial charge in [0.05, 0.1) is 19.3 Å². The molecule has 2 aliphatic rings. The van der Waals surface area contributed by atoms with Crippen LogP contribution in [0.4, 0.5) is 11.8 Å². The minimum Gasteiger partial charge on any atom is -0.478 e. The lowest BCUT2D eigenvalue weighted by atomic mass is 9.88. The van der Waals surface area contributed by atoms with Gasteiger partial charge in [-0.25, -0.2) is 4.79 Å². The van der Waals surface area contributed by atoms with Gasteiger partial charge in [-0.1, -0.05) is 13.8 Å². The van der Waals surface area contributed by atoms with Crippen LogP contribution in [0, 0.1) is 12.8 Å². The minimum absolute atomic E-state index is 0.0258. The Morgan fingerprint density at radius 1 is 1.35 bits per heavy atom. The number of carbonyl (C=O) groups excluding carboxylic acids is 1. The lowest BCUT2D eigenvalue weighted by Gasteiger charge is -2.25. The summed E-state index contributed by atoms with van der Waals surface area (Å²) in [6.45, 7) is 9.44. The van der Waals surface area contributed by atoms with Gasteiger partial charge in [0, 0.05) is 0 Å². The number of aromatic nitrogens is 2. The molecule has 7 heteroatoms. The Balaban J connectivity index is 2.09. The maximum absolute atomic E-state index is 13.4. The molecule has 4 rings (SSSR count). The monoisotopic (exact) mass is 357 g/mol. The molecule has 4 heterocycles. The van der Waals surface area contributed by atoms with Crippen molar-refractivity contribution in [1.82, 2.24) is 4.57 Å². The number of hydrogen-bond donors (Lipinski definition) is 2. The molecule has 7 nitrogen and oxygen atoms in total. The Kier molecular flexibility index (Phi) is 3.54. The Labute approximate surface area is 152 Å². The summed E-state index contributed by atoms with van der Waals surface area (Å²) in [4.78, 5) is 27.6. The van der Waals surface area contributed by atoms with Crippen LogP contribution in [-0.4, -0.2) is 40.2 Å². The summed E-state index contributed by atoms with van der Waals surface area (Å²) in [7, 11) is 0. The van der Waals surface area contributed by atoms with Gasteiger partial charge >= 0.3 is 17.8 Å². The number of nitrogens with one attached hydrogen (secondary N) is 1. The Morgan fingerprint density at radius 2 is 2.00 bits per heavy atom. The topological polar surface area (TPSA) is 78.7 Å². The molecule has 0 saturated carbocycles. The highest BCUT2D eigenvalue weighted by Crippen LogP contribution is 2.39. The van der Waals surface area contributed by atoms with Crippen molar-refractivity contribution in [3.8, 4) is 0 Å². The molecule has 26 heavy (non-hydrogen) atoms. The largest absolute Gasteiger partial charge is 0.478 e. The van der Waals surface area contributed by atoms with Gasteiger partial charge in [-0.05, 0) is 44.2 Å². The molecule has 0 spiro atoms. The van der Waals surface area contributed by atoms with Crippen LogP contribution < -0.4 is 14.6 Å². The molecule has 0 amide bonds. The summed E-state index contributed by atoms with van der Waals surface area (Å²) in [5, 5.41) is 13.2. The number of hydrogen-bond acceptors (Lipinski definition) is 4. The Hall–Kier alpha value is -2.57. The summed E-state index contributed by atoms with van der Waals surface area (Å²) in [6.07, 6.45) is 4.02. The van der Waals surface area contributed by atoms with Gasteiger partial charge in [-0.2, -0.15) is 4.40 Å². The van der Waals surface area contributed by atoms with Gasteiger partial charge in [0.1, 0.15) is 11.1 Å². The van der Waals surface area contributed by atoms with E-state index in [4.69, 9.17) is 0 Å². The second kappa shape index (κ2) is 5.46. The fourth-order valence-electron chi connectivity index (χ4n) is 4.08. The first-order valence-corrected chi connectivity index (χ1v) is 9.18. The molecule has 1 fully saturated rings. The van der Waals surface area contributed by atoms with Gasteiger partial charge in [0.2, 0.25) is 5.82 Å². The molecule has 0 aliphatic carbocycles. The fraction of sp³-hybridized carbons (Fsp3) is 0.526. The van der Waals surface area contributed by atoms with Crippen molar-refractivity contribution in [1.29, 1.82) is 0 Å². The predicted octanol–water partition coefficient (Wildman–Crippen LogP) is 2.31. The van der Waals surface area contributed by atoms with Crippen LogP contribution >= 0.6 is 0 Å². The van der Waals surface area contributed by atoms with E-state index in [1.54, 1.807) is 17.6 Å². The maximum Gasteiger partial charge on any atom is 0.374 e. The quantitative estimate of drug-likeness (QED) is 0.824. The summed E-state index contributed by atoms with van der Waals surface area (Å²) < 4.78 is 3.56. The van der Waals surface area contributed by atoms with Crippen molar-refractivity contribution in [2.24, 2.45) is 5.92 Å². The van der Waals surface area contributed by atoms with Crippen molar-refractivity contribution in [3.63, 3.8) is 0 Å². The minimum atomic E-state index is -0.977. The second-order valence-electron chi connectivity index (χ2n) is 7.86. The lowest BCUT2D eigenvalue weighted by molar-refractivity contribution is -0.498. The first-order valence-electron chi connectivity index (χ1n) is 9.18. The number of anilines is 2. The number of pyridine rings is 1. The summed E-state index contributed by atoms with van der Waals surface area (Å²) in [6, 6.07) is 1.80. The molecular weight excluding hydrogens is 332 g/mol. The van der Waals surface area contributed by atoms with Crippen LogP contribution in [0.2, 0.25) is 0 Å². The molecule has 2 aromatic heterocycles. The number of carboxylic acids is 1. The molecule has 138 valence electrons. The van der Waals surface area contributed by atoms with Crippen molar-refractivity contribution in [2.45, 2.75) is 46.1 Å². The van der Waals surface area contributed by atoms with Crippen LogP contribution in [0.25, 0.3) is 5.52 Å². The SMILES string of the molecule is Cc1cc[n+]2c(N3CCCC3)n3c(c2c1C(=O)O)NC(C)(C(C)C)C3=O. The first kappa shape index (κ1) is 16.9. The van der Waals surface area contributed by atoms with Crippen molar-refractivity contribution < 1.29 is 19.1 Å². The molecule has 0 aromatic carbocycles. The smallest absolute Gasteiger partial charge is 0.374 e. The van der Waals surface area contributed by atoms with E-state index in [1.165, 1.54) is 0 Å². The fourth-order valence-corrected chi connectivity index (χ4v) is 4.08. The zero-order valence-electron chi connectivity index (χ0n) is 15.7. The summed E-state index contributed by atoms with van der Waals surface area (Å²) >= 11 is 0. The molecule has 2 aromatic rings. The van der Waals surface area contributed by atoms with Crippen molar-refractivity contribution >= 4 is 29.2 Å². The van der Waals surface area contributed by atoms with E-state index >= 15 is 0 Å². The van der Waals surface area contributed by atoms with Crippen molar-refractivity contribution in [2.75, 3.05) is 23.3 Å². The normalized spacial score (nSPS) is 22.3. The van der Waals surface area contributed by atoms with E-state index in [2.05, 4.69) is 10.2 Å². The van der Waals surface area contributed by atoms with E-state index in [0.29, 0.717) is 16.9 Å². The maximum atomic E-state index is 13.4. The van der Waals surface area contributed by atoms with Gasteiger partial charge in [-0.15, -0.1) is 4.57 Å². The van der Waals surface area contributed by atoms with Gasteiger partial charge in [0.25, 0.3) is 0 Å². The van der Waals surface area contributed by atoms with Crippen LogP contribution in [0.1, 0.15) is 54.3 Å². The zero-order chi connectivity index (χ0) is 18.8. The standard InChI is InChI=1S/C19H24N4O3/c1-11(2)19(4)17(26)23-15(20-19)14-13(16(24)25)12(3)7-10-22(14)18(23)21-8-5-6-9-21/h7,10-11,20H,5-6,8-9H2,1-4H3/p+1. The average molecular weight is 357 g/mol. The summed E-state index contributed by atoms with van der Waals surface area (Å²) in [5.74, 6) is 0.419. The third kappa shape index (κ3) is 2.03. The highest BCUT2D eigenvalue weighted by Gasteiger charge is 2.52. The number of carboxylic acid groups (broad SMARTS) is 1. The van der Waals surface area contributed by atoms with Gasteiger partial charge < -0.3 is 10.4 Å². The number of fused-ring (bicyclic) bond motifs is 3. The lowest BCUT2D eigenvalue weighted by Crippen LogP contribution is -2.47. The third-order valence-electron chi connectivity index (χ3n) is 5.99. The molecule has 2 N–H and O–H groups in total. The molecule has 1 saturated heterocycles.